The quantitative estimate of drug-likeness (QED) is 0.665. The molecule has 0 amide bonds. The van der Waals surface area contributed by atoms with Crippen LogP contribution in [0.2, 0.25) is 0 Å². The first-order chi connectivity index (χ1) is 6.36. The molecule has 0 unspecified atom stereocenters. The van der Waals surface area contributed by atoms with Crippen LogP contribution in [0.15, 0.2) is 18.2 Å². The van der Waals surface area contributed by atoms with Gasteiger partial charge in [-0.1, -0.05) is 18.2 Å². The highest BCUT2D eigenvalue weighted by molar-refractivity contribution is 5.24. The van der Waals surface area contributed by atoms with E-state index in [1.54, 1.807) is 0 Å². The summed E-state index contributed by atoms with van der Waals surface area (Å²) in [6, 6.07) is 9.56. The van der Waals surface area contributed by atoms with Crippen LogP contribution in [0.5, 0.6) is 0 Å². The van der Waals surface area contributed by atoms with Crippen molar-refractivity contribution in [3.63, 3.8) is 0 Å². The maximum absolute atomic E-state index is 3.32. The van der Waals surface area contributed by atoms with E-state index in [4.69, 9.17) is 0 Å². The van der Waals surface area contributed by atoms with Crippen molar-refractivity contribution in [2.75, 3.05) is 13.1 Å². The van der Waals surface area contributed by atoms with Gasteiger partial charge in [0.25, 0.3) is 0 Å². The maximum atomic E-state index is 3.32. The van der Waals surface area contributed by atoms with Gasteiger partial charge in [-0.05, 0) is 50.0 Å². The first-order valence-electron chi connectivity index (χ1n) is 5.05. The lowest BCUT2D eigenvalue weighted by Crippen LogP contribution is -2.18. The van der Waals surface area contributed by atoms with Crippen LogP contribution >= 0.6 is 0 Å². The molecule has 0 atom stereocenters. The number of benzene rings is 1. The summed E-state index contributed by atoms with van der Waals surface area (Å²) in [7, 11) is 0. The van der Waals surface area contributed by atoms with E-state index in [1.165, 1.54) is 37.1 Å². The fourth-order valence-electron chi connectivity index (χ4n) is 1.89. The molecule has 1 saturated heterocycles. The van der Waals surface area contributed by atoms with E-state index in [-0.39, 0.29) is 0 Å². The normalized spacial score (nSPS) is 17.9. The second-order valence-electron chi connectivity index (χ2n) is 3.81. The Morgan fingerprint density at radius 1 is 1.38 bits per heavy atom. The molecule has 0 spiro atoms. The van der Waals surface area contributed by atoms with Crippen LogP contribution < -0.4 is 0 Å². The van der Waals surface area contributed by atoms with E-state index >= 15 is 0 Å². The second-order valence-corrected chi connectivity index (χ2v) is 3.81. The Morgan fingerprint density at radius 3 is 2.85 bits per heavy atom. The summed E-state index contributed by atoms with van der Waals surface area (Å²) in [6.45, 7) is 5.79. The van der Waals surface area contributed by atoms with Crippen LogP contribution in [0.3, 0.4) is 0 Å². The summed E-state index contributed by atoms with van der Waals surface area (Å²) in [6.07, 6.45) is 2.73. The molecule has 1 aromatic rings. The third-order valence-electron chi connectivity index (χ3n) is 2.76. The molecular weight excluding hydrogens is 158 g/mol. The first kappa shape index (κ1) is 8.76. The van der Waals surface area contributed by atoms with E-state index < -0.39 is 0 Å². The summed E-state index contributed by atoms with van der Waals surface area (Å²) < 4.78 is 0. The highest BCUT2D eigenvalue weighted by Crippen LogP contribution is 2.14. The molecule has 0 aliphatic carbocycles. The lowest BCUT2D eigenvalue weighted by Gasteiger charge is -2.15. The molecule has 13 heavy (non-hydrogen) atoms. The molecule has 0 aromatic heterocycles. The minimum absolute atomic E-state index is 1.09. The molecule has 1 heterocycles. The molecule has 1 radical (unpaired) electrons. The highest BCUT2D eigenvalue weighted by atomic mass is 15.1. The number of nitrogens with zero attached hydrogens (tertiary/aromatic N) is 1. The maximum Gasteiger partial charge on any atom is 0.0242 e. The third-order valence-corrected chi connectivity index (χ3v) is 2.76. The number of hydrogen-bond acceptors (Lipinski definition) is 1. The minimum Gasteiger partial charge on any atom is -0.299 e. The predicted molar refractivity (Wildman–Crippen MR) is 54.5 cm³/mol. The van der Waals surface area contributed by atoms with Crippen molar-refractivity contribution in [3.8, 4) is 0 Å². The van der Waals surface area contributed by atoms with Gasteiger partial charge in [-0.15, -0.1) is 0 Å². The van der Waals surface area contributed by atoms with Crippen molar-refractivity contribution in [1.29, 1.82) is 0 Å². The third kappa shape index (κ3) is 2.10. The Balaban J connectivity index is 2.04. The van der Waals surface area contributed by atoms with E-state index in [2.05, 4.69) is 30.0 Å². The standard InChI is InChI=1S/C12H16N/c1-11-6-2-3-7-12(11)10-13-8-4-5-9-13/h2-3,6H,4-5,8-10H2,1H3. The van der Waals surface area contributed by atoms with Crippen LogP contribution in [-0.2, 0) is 6.54 Å². The van der Waals surface area contributed by atoms with Gasteiger partial charge in [0.15, 0.2) is 0 Å². The lowest BCUT2D eigenvalue weighted by atomic mass is 10.1. The smallest absolute Gasteiger partial charge is 0.0242 e. The molecule has 1 nitrogen and oxygen atoms in total. The Kier molecular flexibility index (Phi) is 2.65. The Bertz CT molecular complexity index is 274. The molecule has 0 N–H and O–H groups in total. The summed E-state index contributed by atoms with van der Waals surface area (Å²) in [5.74, 6) is 0. The Morgan fingerprint density at radius 2 is 2.15 bits per heavy atom. The van der Waals surface area contributed by atoms with Crippen molar-refractivity contribution >= 4 is 0 Å². The van der Waals surface area contributed by atoms with Crippen LogP contribution in [-0.4, -0.2) is 18.0 Å². The largest absolute Gasteiger partial charge is 0.299 e. The summed E-state index contributed by atoms with van der Waals surface area (Å²) >= 11 is 0. The highest BCUT2D eigenvalue weighted by Gasteiger charge is 2.12. The molecule has 2 rings (SSSR count). The number of likely N-dealkylation sites (tertiary alicyclic amines) is 1. The number of aryl methyl sites for hydroxylation is 1. The van der Waals surface area contributed by atoms with Crippen LogP contribution in [0.4, 0.5) is 0 Å². The zero-order valence-corrected chi connectivity index (χ0v) is 8.21. The summed E-state index contributed by atoms with van der Waals surface area (Å²) in [5.41, 5.74) is 2.74. The molecule has 1 aliphatic rings. The fourth-order valence-corrected chi connectivity index (χ4v) is 1.89. The second kappa shape index (κ2) is 3.93. The molecule has 69 valence electrons. The monoisotopic (exact) mass is 174 g/mol. The fraction of sp³-hybridized carbons (Fsp3) is 0.500. The zero-order chi connectivity index (χ0) is 9.10. The van der Waals surface area contributed by atoms with Crippen LogP contribution in [0.1, 0.15) is 24.0 Å². The molecule has 0 saturated carbocycles. The van der Waals surface area contributed by atoms with Gasteiger partial charge < -0.3 is 0 Å². The Labute approximate surface area is 80.4 Å². The lowest BCUT2D eigenvalue weighted by molar-refractivity contribution is 0.330. The average Bonchev–Trinajstić information content (AvgIpc) is 2.61. The van der Waals surface area contributed by atoms with Gasteiger partial charge in [0.05, 0.1) is 0 Å². The van der Waals surface area contributed by atoms with E-state index in [0.717, 1.165) is 6.54 Å². The topological polar surface area (TPSA) is 3.24 Å². The molecule has 1 aromatic carbocycles. The van der Waals surface area contributed by atoms with Gasteiger partial charge in [-0.3, -0.25) is 4.90 Å². The van der Waals surface area contributed by atoms with Crippen LogP contribution in [0.25, 0.3) is 0 Å². The molecule has 1 heteroatoms. The number of hydrogen-bond donors (Lipinski definition) is 0. The van der Waals surface area contributed by atoms with Crippen molar-refractivity contribution in [3.05, 3.63) is 35.4 Å². The summed E-state index contributed by atoms with van der Waals surface area (Å²) in [5, 5.41) is 0. The molecule has 1 fully saturated rings. The van der Waals surface area contributed by atoms with Crippen molar-refractivity contribution in [1.82, 2.24) is 4.90 Å². The average molecular weight is 174 g/mol. The van der Waals surface area contributed by atoms with Gasteiger partial charge in [-0.2, -0.15) is 0 Å². The minimum atomic E-state index is 1.09. The number of rotatable bonds is 2. The molecular formula is C12H16N. The van der Waals surface area contributed by atoms with Crippen molar-refractivity contribution in [2.24, 2.45) is 0 Å². The SMILES string of the molecule is Cc1ccc[c]c1CN1CCCC1. The van der Waals surface area contributed by atoms with Gasteiger partial charge in [0.2, 0.25) is 0 Å². The Hall–Kier alpha value is -0.820. The predicted octanol–water partition coefficient (Wildman–Crippen LogP) is 2.39. The van der Waals surface area contributed by atoms with E-state index in [1.807, 2.05) is 6.07 Å². The van der Waals surface area contributed by atoms with Gasteiger partial charge >= 0.3 is 0 Å². The molecule has 0 bridgehead atoms. The van der Waals surface area contributed by atoms with Gasteiger partial charge in [0, 0.05) is 6.54 Å². The van der Waals surface area contributed by atoms with Gasteiger partial charge in [-0.25, -0.2) is 0 Å². The van der Waals surface area contributed by atoms with E-state index in [9.17, 15) is 0 Å². The van der Waals surface area contributed by atoms with Crippen molar-refractivity contribution < 1.29 is 0 Å². The summed E-state index contributed by atoms with van der Waals surface area (Å²) in [4.78, 5) is 2.51. The molecule has 1 aliphatic heterocycles. The van der Waals surface area contributed by atoms with E-state index in [0.29, 0.717) is 0 Å². The first-order valence-corrected chi connectivity index (χ1v) is 5.05. The van der Waals surface area contributed by atoms with Crippen molar-refractivity contribution in [2.45, 2.75) is 26.3 Å². The van der Waals surface area contributed by atoms with Crippen LogP contribution in [0, 0.1) is 13.0 Å². The van der Waals surface area contributed by atoms with Gasteiger partial charge in [0.1, 0.15) is 0 Å². The zero-order valence-electron chi connectivity index (χ0n) is 8.21.